The number of amides is 2. The highest BCUT2D eigenvalue weighted by Crippen LogP contribution is 2.68. The zero-order chi connectivity index (χ0) is 25.6. The fourth-order valence-corrected chi connectivity index (χ4v) is 10.3. The Hall–Kier alpha value is -2.75. The van der Waals surface area contributed by atoms with Gasteiger partial charge in [0.2, 0.25) is 11.8 Å². The molecular formula is C27H23ClN2O5S2. The summed E-state index contributed by atoms with van der Waals surface area (Å²) in [6, 6.07) is 12.8. The molecule has 3 heterocycles. The van der Waals surface area contributed by atoms with Crippen LogP contribution in [0.25, 0.3) is 0 Å². The molecule has 0 unspecified atom stereocenters. The van der Waals surface area contributed by atoms with Crippen molar-refractivity contribution < 1.29 is 19.1 Å². The maximum atomic E-state index is 13.8. The van der Waals surface area contributed by atoms with E-state index in [2.05, 4.69) is 4.98 Å². The van der Waals surface area contributed by atoms with Gasteiger partial charge in [-0.3, -0.25) is 19.3 Å². The Morgan fingerprint density at radius 3 is 2.35 bits per heavy atom. The highest BCUT2D eigenvalue weighted by molar-refractivity contribution is 8.00. The number of ether oxygens (including phenoxy) is 2. The van der Waals surface area contributed by atoms with Gasteiger partial charge in [-0.2, -0.15) is 0 Å². The summed E-state index contributed by atoms with van der Waals surface area (Å²) in [6.07, 6.45) is 0.840. The van der Waals surface area contributed by atoms with Gasteiger partial charge in [-0.05, 0) is 66.1 Å². The number of hydrogen-bond acceptors (Lipinski definition) is 7. The number of rotatable bonds is 4. The van der Waals surface area contributed by atoms with Crippen molar-refractivity contribution in [2.24, 2.45) is 29.6 Å². The molecule has 7 atom stereocenters. The molecule has 10 heteroatoms. The van der Waals surface area contributed by atoms with Crippen molar-refractivity contribution in [2.75, 3.05) is 19.1 Å². The minimum absolute atomic E-state index is 0.0460. The van der Waals surface area contributed by atoms with E-state index in [1.165, 1.54) is 16.2 Å². The zero-order valence-electron chi connectivity index (χ0n) is 20.0. The monoisotopic (exact) mass is 554 g/mol. The third kappa shape index (κ3) is 3.23. The van der Waals surface area contributed by atoms with Crippen LogP contribution in [0.3, 0.4) is 0 Å². The standard InChI is InChI=1S/C27H23ClN2O5S2/c1-34-16-8-3-11(9-17(16)35-2)18-19-14-10-15(22(19)36-24-23(18)37-27(33)29-24)21-20(14)25(31)30(26(21)32)13-6-4-12(28)5-7-13/h3-9,14-15,18-22H,10H2,1-2H3,(H,29,33)/t14-,15+,18+,19+,20+,21+,22-/m1/s1. The van der Waals surface area contributed by atoms with Crippen LogP contribution in [0.5, 0.6) is 11.5 Å². The molecule has 4 aliphatic rings. The predicted octanol–water partition coefficient (Wildman–Crippen LogP) is 4.78. The number of nitrogens with zero attached hydrogens (tertiary/aromatic N) is 1. The van der Waals surface area contributed by atoms with E-state index in [0.29, 0.717) is 22.2 Å². The first-order valence-electron chi connectivity index (χ1n) is 12.2. The van der Waals surface area contributed by atoms with Crippen LogP contribution >= 0.6 is 34.7 Å². The molecule has 1 saturated heterocycles. The van der Waals surface area contributed by atoms with E-state index in [1.807, 2.05) is 18.2 Å². The lowest BCUT2D eigenvalue weighted by atomic mass is 9.68. The van der Waals surface area contributed by atoms with Crippen LogP contribution in [0.1, 0.15) is 22.8 Å². The molecule has 0 radical (unpaired) electrons. The molecule has 2 amide bonds. The number of fused-ring (bicyclic) bond motifs is 9. The highest BCUT2D eigenvalue weighted by atomic mass is 35.5. The Bertz CT molecular complexity index is 1500. The number of nitrogens with one attached hydrogen (secondary N) is 1. The van der Waals surface area contributed by atoms with Gasteiger partial charge in [-0.25, -0.2) is 0 Å². The van der Waals surface area contributed by atoms with Crippen molar-refractivity contribution in [1.29, 1.82) is 0 Å². The summed E-state index contributed by atoms with van der Waals surface area (Å²) in [4.78, 5) is 45.3. The second-order valence-corrected chi connectivity index (χ2v) is 12.7. The molecule has 3 fully saturated rings. The molecule has 2 aliphatic heterocycles. The zero-order valence-corrected chi connectivity index (χ0v) is 22.4. The average molecular weight is 555 g/mol. The quantitative estimate of drug-likeness (QED) is 0.467. The van der Waals surface area contributed by atoms with Gasteiger partial charge in [-0.15, -0.1) is 11.8 Å². The third-order valence-electron chi connectivity index (χ3n) is 8.58. The van der Waals surface area contributed by atoms with Gasteiger partial charge in [0.15, 0.2) is 11.5 Å². The molecule has 1 N–H and O–H groups in total. The number of methoxy groups -OCH3 is 2. The summed E-state index contributed by atoms with van der Waals surface area (Å²) >= 11 is 8.97. The van der Waals surface area contributed by atoms with E-state index in [4.69, 9.17) is 21.1 Å². The molecule has 2 aliphatic carbocycles. The Morgan fingerprint density at radius 1 is 0.946 bits per heavy atom. The van der Waals surface area contributed by atoms with E-state index in [-0.39, 0.29) is 57.4 Å². The topological polar surface area (TPSA) is 88.7 Å². The normalized spacial score (nSPS) is 31.3. The number of benzene rings is 2. The Kier molecular flexibility index (Phi) is 5.29. The summed E-state index contributed by atoms with van der Waals surface area (Å²) in [7, 11) is 3.21. The number of thioether (sulfide) groups is 1. The third-order valence-corrected chi connectivity index (χ3v) is 11.4. The summed E-state index contributed by atoms with van der Waals surface area (Å²) in [6.45, 7) is 0. The summed E-state index contributed by atoms with van der Waals surface area (Å²) < 4.78 is 11.0. The minimum atomic E-state index is -0.352. The fraction of sp³-hybridized carbons (Fsp3) is 0.370. The van der Waals surface area contributed by atoms with Crippen molar-refractivity contribution in [3.05, 3.63) is 67.6 Å². The number of halogens is 1. The van der Waals surface area contributed by atoms with Gasteiger partial charge in [0.25, 0.3) is 0 Å². The first-order valence-corrected chi connectivity index (χ1v) is 14.2. The van der Waals surface area contributed by atoms with Crippen molar-refractivity contribution >= 4 is 52.2 Å². The van der Waals surface area contributed by atoms with Gasteiger partial charge in [-0.1, -0.05) is 29.0 Å². The Morgan fingerprint density at radius 2 is 1.65 bits per heavy atom. The van der Waals surface area contributed by atoms with E-state index >= 15 is 0 Å². The molecule has 190 valence electrons. The number of thiazole rings is 1. The molecule has 2 aromatic carbocycles. The number of carbonyl (C=O) groups is 2. The second-order valence-electron chi connectivity index (χ2n) is 10.1. The molecule has 7 nitrogen and oxygen atoms in total. The first kappa shape index (κ1) is 23.4. The first-order chi connectivity index (χ1) is 17.9. The number of aromatic amines is 1. The van der Waals surface area contributed by atoms with Crippen LogP contribution in [-0.4, -0.2) is 36.3 Å². The largest absolute Gasteiger partial charge is 0.493 e. The molecule has 2 bridgehead atoms. The SMILES string of the molecule is COc1ccc([C@@H]2c3sc(=O)[nH]c3S[C@@H]3[C@H]4C[C@@H]([C@@H]5C(=O)N(c6ccc(Cl)cc6)C(=O)[C@@H]45)[C@@H]23)cc1OC. The van der Waals surface area contributed by atoms with Gasteiger partial charge in [0.05, 0.1) is 36.8 Å². The second kappa shape index (κ2) is 8.38. The van der Waals surface area contributed by atoms with Gasteiger partial charge >= 0.3 is 4.87 Å². The van der Waals surface area contributed by atoms with E-state index in [0.717, 1.165) is 21.9 Å². The van der Waals surface area contributed by atoms with E-state index in [9.17, 15) is 14.4 Å². The summed E-state index contributed by atoms with van der Waals surface area (Å²) in [5.74, 6) is 0.504. The Balaban J connectivity index is 1.32. The number of H-pyrrole nitrogens is 1. The Labute approximate surface area is 226 Å². The van der Waals surface area contributed by atoms with Crippen LogP contribution < -0.4 is 19.2 Å². The lowest BCUT2D eigenvalue weighted by Crippen LogP contribution is -2.42. The molecule has 37 heavy (non-hydrogen) atoms. The maximum absolute atomic E-state index is 13.8. The van der Waals surface area contributed by atoms with E-state index in [1.54, 1.807) is 50.2 Å². The summed E-state index contributed by atoms with van der Waals surface area (Å²) in [5.41, 5.74) is 1.60. The maximum Gasteiger partial charge on any atom is 0.305 e. The molecule has 1 aromatic heterocycles. The number of imide groups is 1. The number of carbonyl (C=O) groups excluding carboxylic acids is 2. The molecular weight excluding hydrogens is 532 g/mol. The fourth-order valence-electron chi connectivity index (χ4n) is 7.28. The molecule has 2 saturated carbocycles. The van der Waals surface area contributed by atoms with Crippen LogP contribution in [0.4, 0.5) is 5.69 Å². The lowest BCUT2D eigenvalue weighted by molar-refractivity contribution is -0.123. The van der Waals surface area contributed by atoms with Crippen molar-refractivity contribution in [3.63, 3.8) is 0 Å². The molecule has 0 spiro atoms. The average Bonchev–Trinajstić information content (AvgIpc) is 3.63. The van der Waals surface area contributed by atoms with Crippen molar-refractivity contribution in [2.45, 2.75) is 22.6 Å². The van der Waals surface area contributed by atoms with Crippen molar-refractivity contribution in [1.82, 2.24) is 4.98 Å². The number of anilines is 1. The van der Waals surface area contributed by atoms with Crippen molar-refractivity contribution in [3.8, 4) is 11.5 Å². The minimum Gasteiger partial charge on any atom is -0.493 e. The van der Waals surface area contributed by atoms with Crippen LogP contribution in [0, 0.1) is 29.6 Å². The van der Waals surface area contributed by atoms with E-state index < -0.39 is 0 Å². The highest BCUT2D eigenvalue weighted by Gasteiger charge is 2.69. The predicted molar refractivity (Wildman–Crippen MR) is 142 cm³/mol. The molecule has 3 aromatic rings. The van der Waals surface area contributed by atoms with Gasteiger partial charge in [0, 0.05) is 21.1 Å². The van der Waals surface area contributed by atoms with Gasteiger partial charge in [0.1, 0.15) is 0 Å². The van der Waals surface area contributed by atoms with Gasteiger partial charge < -0.3 is 14.5 Å². The van der Waals surface area contributed by atoms with Crippen LogP contribution in [-0.2, 0) is 9.59 Å². The smallest absolute Gasteiger partial charge is 0.305 e. The lowest BCUT2D eigenvalue weighted by Gasteiger charge is -2.43. The summed E-state index contributed by atoms with van der Waals surface area (Å²) in [5, 5.41) is 1.57. The van der Waals surface area contributed by atoms with Crippen LogP contribution in [0.2, 0.25) is 5.02 Å². The molecule has 7 rings (SSSR count). The van der Waals surface area contributed by atoms with Crippen LogP contribution in [0.15, 0.2) is 52.3 Å². The number of aromatic nitrogens is 1. The number of hydrogen-bond donors (Lipinski definition) is 1.